The number of hydrogen-bond donors (Lipinski definition) is 1. The predicted molar refractivity (Wildman–Crippen MR) is 123 cm³/mol. The number of carboxylic acids is 1. The molecule has 1 saturated carbocycles. The maximum absolute atomic E-state index is 11.7. The maximum Gasteiger partial charge on any atom is 0.335 e. The molecule has 3 heterocycles. The molecule has 1 N–H and O–H groups in total. The van der Waals surface area contributed by atoms with Gasteiger partial charge in [-0.1, -0.05) is 31.4 Å². The second-order valence-electron chi connectivity index (χ2n) is 8.66. The topological polar surface area (TPSA) is 61.1 Å². The molecule has 31 heavy (non-hydrogen) atoms. The molecule has 0 bridgehead atoms. The van der Waals surface area contributed by atoms with Crippen LogP contribution in [0.3, 0.4) is 0 Å². The molecule has 6 heteroatoms. The van der Waals surface area contributed by atoms with Gasteiger partial charge < -0.3 is 9.67 Å². The summed E-state index contributed by atoms with van der Waals surface area (Å²) in [5.41, 5.74) is 5.71. The number of fused-ring (bicyclic) bond motifs is 7. The lowest BCUT2D eigenvalue weighted by Crippen LogP contribution is -2.21. The number of hydrogen-bond acceptors (Lipinski definition) is 4. The molecule has 0 amide bonds. The fourth-order valence-corrected chi connectivity index (χ4v) is 5.32. The Labute approximate surface area is 180 Å². The summed E-state index contributed by atoms with van der Waals surface area (Å²) < 4.78 is 2.20. The first kappa shape index (κ1) is 18.2. The van der Waals surface area contributed by atoms with Crippen LogP contribution >= 0.6 is 0 Å². The average molecular weight is 412 g/mol. The number of anilines is 1. The van der Waals surface area contributed by atoms with Crippen molar-refractivity contribution in [1.82, 2.24) is 9.58 Å². The third-order valence-corrected chi connectivity index (χ3v) is 6.90. The van der Waals surface area contributed by atoms with Crippen LogP contribution in [0.1, 0.15) is 53.9 Å². The standard InChI is InChI=1S/C25H24N4O2/c1-27-24-14-28-21-9-5-8-18(16-6-3-2-4-7-16)19(21)13-23(28)20-12-17(25(30)31)10-11-22(20)29(24)15-26-27/h5,8-16H,2-4,6-7H2,1H3,(H,30,31). The highest BCUT2D eigenvalue weighted by Crippen LogP contribution is 2.44. The van der Waals surface area contributed by atoms with Gasteiger partial charge in [0.2, 0.25) is 0 Å². The third-order valence-electron chi connectivity index (χ3n) is 6.90. The highest BCUT2D eigenvalue weighted by Gasteiger charge is 2.29. The molecule has 2 aromatic carbocycles. The Morgan fingerprint density at radius 2 is 1.94 bits per heavy atom. The highest BCUT2D eigenvalue weighted by molar-refractivity contribution is 6.02. The summed E-state index contributed by atoms with van der Waals surface area (Å²) in [6, 6.07) is 14.2. The van der Waals surface area contributed by atoms with E-state index >= 15 is 0 Å². The van der Waals surface area contributed by atoms with Crippen molar-refractivity contribution >= 4 is 35.1 Å². The molecule has 6 rings (SSSR count). The second-order valence-corrected chi connectivity index (χ2v) is 8.66. The molecular weight excluding hydrogens is 388 g/mol. The summed E-state index contributed by atoms with van der Waals surface area (Å²) in [7, 11) is 1.93. The van der Waals surface area contributed by atoms with Gasteiger partial charge in [-0.05, 0) is 54.7 Å². The normalized spacial score (nSPS) is 17.9. The van der Waals surface area contributed by atoms with Gasteiger partial charge in [0.15, 0.2) is 5.82 Å². The van der Waals surface area contributed by atoms with Gasteiger partial charge in [0.25, 0.3) is 0 Å². The van der Waals surface area contributed by atoms with Crippen molar-refractivity contribution in [2.24, 2.45) is 5.10 Å². The molecule has 0 spiro atoms. The van der Waals surface area contributed by atoms with E-state index < -0.39 is 5.97 Å². The van der Waals surface area contributed by atoms with E-state index in [0.29, 0.717) is 5.92 Å². The number of benzene rings is 2. The zero-order valence-corrected chi connectivity index (χ0v) is 17.5. The summed E-state index contributed by atoms with van der Waals surface area (Å²) in [5, 5.41) is 17.2. The molecule has 156 valence electrons. The lowest BCUT2D eigenvalue weighted by atomic mass is 9.83. The lowest BCUT2D eigenvalue weighted by molar-refractivity contribution is 0.0697. The molecule has 6 nitrogen and oxygen atoms in total. The van der Waals surface area contributed by atoms with Crippen LogP contribution in [0.25, 0.3) is 28.4 Å². The summed E-state index contributed by atoms with van der Waals surface area (Å²) in [6.07, 6.45) is 10.3. The second kappa shape index (κ2) is 6.74. The van der Waals surface area contributed by atoms with Gasteiger partial charge in [0, 0.05) is 18.0 Å². The number of carboxylic acid groups (broad SMARTS) is 1. The van der Waals surface area contributed by atoms with Gasteiger partial charge >= 0.3 is 5.97 Å². The van der Waals surface area contributed by atoms with Gasteiger partial charge in [-0.15, -0.1) is 0 Å². The van der Waals surface area contributed by atoms with Crippen molar-refractivity contribution in [3.63, 3.8) is 0 Å². The van der Waals surface area contributed by atoms with Crippen molar-refractivity contribution < 1.29 is 9.90 Å². The Morgan fingerprint density at radius 3 is 2.74 bits per heavy atom. The van der Waals surface area contributed by atoms with Gasteiger partial charge in [0.1, 0.15) is 6.34 Å². The Hall–Kier alpha value is -3.54. The largest absolute Gasteiger partial charge is 0.478 e. The zero-order chi connectivity index (χ0) is 21.1. The lowest BCUT2D eigenvalue weighted by Gasteiger charge is -2.23. The molecule has 0 saturated heterocycles. The Morgan fingerprint density at radius 1 is 1.10 bits per heavy atom. The first-order chi connectivity index (χ1) is 15.1. The minimum absolute atomic E-state index is 0.288. The van der Waals surface area contributed by atoms with E-state index in [1.807, 2.05) is 23.0 Å². The van der Waals surface area contributed by atoms with Crippen LogP contribution in [0, 0.1) is 0 Å². The zero-order valence-electron chi connectivity index (χ0n) is 17.5. The number of hydrazone groups is 1. The SMILES string of the molecule is CN1N=CN2C1=Cn1c(cc3c(C4CCCCC4)cccc31)-c1cc(C(=O)O)ccc12. The van der Waals surface area contributed by atoms with Crippen molar-refractivity contribution in [3.05, 3.63) is 59.4 Å². The number of carbonyl (C=O) groups is 1. The number of aromatic carboxylic acids is 1. The number of nitrogens with zero attached hydrogens (tertiary/aromatic N) is 4. The number of aromatic nitrogens is 1. The van der Waals surface area contributed by atoms with Crippen LogP contribution in [0.5, 0.6) is 0 Å². The molecular formula is C25H24N4O2. The third kappa shape index (κ3) is 2.71. The van der Waals surface area contributed by atoms with E-state index in [1.54, 1.807) is 18.5 Å². The van der Waals surface area contributed by atoms with Crippen molar-refractivity contribution in [1.29, 1.82) is 0 Å². The van der Waals surface area contributed by atoms with Gasteiger partial charge in [-0.3, -0.25) is 4.90 Å². The highest BCUT2D eigenvalue weighted by atomic mass is 16.4. The van der Waals surface area contributed by atoms with Gasteiger partial charge in [0.05, 0.1) is 28.7 Å². The van der Waals surface area contributed by atoms with Crippen LogP contribution in [0.15, 0.2) is 53.4 Å². The minimum Gasteiger partial charge on any atom is -0.478 e. The summed E-state index contributed by atoms with van der Waals surface area (Å²) in [6.45, 7) is 0. The smallest absolute Gasteiger partial charge is 0.335 e. The van der Waals surface area contributed by atoms with E-state index in [-0.39, 0.29) is 5.56 Å². The fraction of sp³-hybridized carbons (Fsp3) is 0.280. The Bertz CT molecular complexity index is 1280. The number of rotatable bonds is 2. The molecule has 1 aliphatic carbocycles. The first-order valence-corrected chi connectivity index (χ1v) is 10.9. The maximum atomic E-state index is 11.7. The summed E-state index contributed by atoms with van der Waals surface area (Å²) in [5.74, 6) is 0.609. The van der Waals surface area contributed by atoms with Crippen molar-refractivity contribution in [2.75, 3.05) is 11.9 Å². The van der Waals surface area contributed by atoms with E-state index in [4.69, 9.17) is 0 Å². The molecule has 0 radical (unpaired) electrons. The van der Waals surface area contributed by atoms with Gasteiger partial charge in [-0.2, -0.15) is 5.10 Å². The molecule has 0 atom stereocenters. The van der Waals surface area contributed by atoms with Crippen molar-refractivity contribution in [3.8, 4) is 11.3 Å². The van der Waals surface area contributed by atoms with Crippen molar-refractivity contribution in [2.45, 2.75) is 38.0 Å². The van der Waals surface area contributed by atoms with Crippen LogP contribution in [0.4, 0.5) is 5.69 Å². The van der Waals surface area contributed by atoms with E-state index in [0.717, 1.165) is 28.3 Å². The monoisotopic (exact) mass is 412 g/mol. The molecule has 2 aliphatic heterocycles. The predicted octanol–water partition coefficient (Wildman–Crippen LogP) is 5.52. The molecule has 3 aliphatic rings. The fourth-order valence-electron chi connectivity index (χ4n) is 5.32. The molecule has 1 fully saturated rings. The van der Waals surface area contributed by atoms with E-state index in [2.05, 4.69) is 40.1 Å². The van der Waals surface area contributed by atoms with E-state index in [9.17, 15) is 9.90 Å². The molecule has 0 unspecified atom stereocenters. The molecule has 1 aromatic heterocycles. The van der Waals surface area contributed by atoms with Crippen LogP contribution in [-0.2, 0) is 0 Å². The minimum atomic E-state index is -0.919. The van der Waals surface area contributed by atoms with E-state index in [1.165, 1.54) is 43.1 Å². The Balaban J connectivity index is 1.64. The summed E-state index contributed by atoms with van der Waals surface area (Å²) >= 11 is 0. The molecule has 3 aromatic rings. The first-order valence-electron chi connectivity index (χ1n) is 10.9. The quantitative estimate of drug-likeness (QED) is 0.602. The van der Waals surface area contributed by atoms with Crippen LogP contribution in [0.2, 0.25) is 0 Å². The van der Waals surface area contributed by atoms with Crippen LogP contribution in [-0.4, -0.2) is 34.0 Å². The summed E-state index contributed by atoms with van der Waals surface area (Å²) in [4.78, 5) is 13.7. The van der Waals surface area contributed by atoms with Gasteiger partial charge in [-0.25, -0.2) is 9.80 Å². The van der Waals surface area contributed by atoms with Crippen LogP contribution < -0.4 is 4.90 Å². The Kier molecular flexibility index (Phi) is 3.96. The average Bonchev–Trinajstić information content (AvgIpc) is 3.31.